The molecule has 0 aliphatic carbocycles. The van der Waals surface area contributed by atoms with Crippen molar-refractivity contribution in [3.8, 4) is 5.75 Å². The molecule has 0 radical (unpaired) electrons. The summed E-state index contributed by atoms with van der Waals surface area (Å²) in [6.45, 7) is 0. The van der Waals surface area contributed by atoms with Crippen LogP contribution in [0.4, 0.5) is 0 Å². The van der Waals surface area contributed by atoms with Crippen molar-refractivity contribution >= 4 is 50.2 Å². The van der Waals surface area contributed by atoms with Gasteiger partial charge < -0.3 is 9.72 Å². The van der Waals surface area contributed by atoms with Crippen molar-refractivity contribution < 1.29 is 17.9 Å². The smallest absolute Gasteiger partial charge is 0.289 e. The summed E-state index contributed by atoms with van der Waals surface area (Å²) in [6.07, 6.45) is 0. The number of methoxy groups -OCH3 is 1. The standard InChI is InChI=1S/C16H11Cl2N3O5S/c1-26-8-2-4-9(5-3-8)27(24,25)21-16(23)14-15(22)20-13-7-11(18)10(17)6-12(13)19-14/h2-7H,1H3,(H,20,22)(H,21,23). The van der Waals surface area contributed by atoms with Gasteiger partial charge in [0, 0.05) is 0 Å². The highest BCUT2D eigenvalue weighted by molar-refractivity contribution is 7.90. The van der Waals surface area contributed by atoms with Crippen molar-refractivity contribution in [1.29, 1.82) is 0 Å². The highest BCUT2D eigenvalue weighted by atomic mass is 35.5. The van der Waals surface area contributed by atoms with Crippen LogP contribution in [0.5, 0.6) is 5.75 Å². The SMILES string of the molecule is COc1ccc(S(=O)(=O)NC(=O)c2nc3cc(Cl)c(Cl)cc3[nH]c2=O)cc1. The molecular formula is C16H11Cl2N3O5S. The fourth-order valence-corrected chi connectivity index (χ4v) is 3.49. The number of benzene rings is 2. The van der Waals surface area contributed by atoms with E-state index >= 15 is 0 Å². The molecule has 1 aromatic heterocycles. The molecule has 0 aliphatic heterocycles. The maximum Gasteiger partial charge on any atom is 0.289 e. The number of hydrogen-bond acceptors (Lipinski definition) is 6. The predicted molar refractivity (Wildman–Crippen MR) is 100 cm³/mol. The first-order chi connectivity index (χ1) is 12.7. The molecule has 1 heterocycles. The maximum absolute atomic E-state index is 12.3. The van der Waals surface area contributed by atoms with Crippen LogP contribution in [-0.4, -0.2) is 31.4 Å². The molecular weight excluding hydrogens is 417 g/mol. The largest absolute Gasteiger partial charge is 0.497 e. The summed E-state index contributed by atoms with van der Waals surface area (Å²) in [6, 6.07) is 8.09. The van der Waals surface area contributed by atoms with Gasteiger partial charge in [0.2, 0.25) is 0 Å². The highest BCUT2D eigenvalue weighted by Gasteiger charge is 2.22. The number of nitrogens with zero attached hydrogens (tertiary/aromatic N) is 1. The van der Waals surface area contributed by atoms with Gasteiger partial charge in [-0.25, -0.2) is 18.1 Å². The van der Waals surface area contributed by atoms with E-state index in [0.29, 0.717) is 5.75 Å². The van der Waals surface area contributed by atoms with Gasteiger partial charge in [-0.1, -0.05) is 23.2 Å². The Morgan fingerprint density at radius 1 is 1.15 bits per heavy atom. The maximum atomic E-state index is 12.3. The molecule has 8 nitrogen and oxygen atoms in total. The number of halogens is 2. The first kappa shape index (κ1) is 19.2. The molecule has 27 heavy (non-hydrogen) atoms. The molecule has 11 heteroatoms. The monoisotopic (exact) mass is 427 g/mol. The molecule has 0 saturated heterocycles. The molecule has 1 amide bonds. The van der Waals surface area contributed by atoms with E-state index in [1.807, 2.05) is 4.72 Å². The second-order valence-electron chi connectivity index (χ2n) is 5.31. The average molecular weight is 428 g/mol. The minimum Gasteiger partial charge on any atom is -0.497 e. The lowest BCUT2D eigenvalue weighted by Crippen LogP contribution is -2.35. The first-order valence-electron chi connectivity index (χ1n) is 7.31. The molecule has 0 bridgehead atoms. The number of sulfonamides is 1. The van der Waals surface area contributed by atoms with Gasteiger partial charge in [-0.2, -0.15) is 0 Å². The number of rotatable bonds is 4. The molecule has 0 atom stereocenters. The number of hydrogen-bond donors (Lipinski definition) is 2. The normalized spacial score (nSPS) is 11.4. The van der Waals surface area contributed by atoms with Crippen LogP contribution in [0, 0.1) is 0 Å². The molecule has 0 fully saturated rings. The van der Waals surface area contributed by atoms with Crippen LogP contribution < -0.4 is 15.0 Å². The summed E-state index contributed by atoms with van der Waals surface area (Å²) in [5.74, 6) is -0.733. The molecule has 2 N–H and O–H groups in total. The number of ether oxygens (including phenoxy) is 1. The van der Waals surface area contributed by atoms with Crippen LogP contribution in [0.25, 0.3) is 11.0 Å². The van der Waals surface area contributed by atoms with E-state index < -0.39 is 27.2 Å². The summed E-state index contributed by atoms with van der Waals surface area (Å²) >= 11 is 11.8. The summed E-state index contributed by atoms with van der Waals surface area (Å²) in [5, 5.41) is 0.363. The van der Waals surface area contributed by atoms with Gasteiger partial charge in [-0.05, 0) is 36.4 Å². The van der Waals surface area contributed by atoms with Gasteiger partial charge in [0.05, 0.1) is 33.1 Å². The van der Waals surface area contributed by atoms with Crippen molar-refractivity contribution in [1.82, 2.24) is 14.7 Å². The minimum atomic E-state index is -4.21. The molecule has 0 saturated carbocycles. The lowest BCUT2D eigenvalue weighted by atomic mass is 10.3. The molecule has 2 aromatic carbocycles. The Hall–Kier alpha value is -2.62. The second kappa shape index (κ2) is 7.18. The van der Waals surface area contributed by atoms with Gasteiger partial charge in [0.25, 0.3) is 21.5 Å². The first-order valence-corrected chi connectivity index (χ1v) is 9.55. The molecule has 0 unspecified atom stereocenters. The summed E-state index contributed by atoms with van der Waals surface area (Å²) in [7, 11) is -2.78. The van der Waals surface area contributed by atoms with E-state index in [1.54, 1.807) is 0 Å². The third-order valence-corrected chi connectivity index (χ3v) is 5.62. The number of amides is 1. The Morgan fingerprint density at radius 3 is 2.41 bits per heavy atom. The van der Waals surface area contributed by atoms with Crippen molar-refractivity contribution in [2.75, 3.05) is 7.11 Å². The van der Waals surface area contributed by atoms with Crippen LogP contribution >= 0.6 is 23.2 Å². The van der Waals surface area contributed by atoms with Crippen molar-refractivity contribution in [2.24, 2.45) is 0 Å². The third kappa shape index (κ3) is 3.90. The molecule has 0 spiro atoms. The second-order valence-corrected chi connectivity index (χ2v) is 7.80. The Bertz CT molecular complexity index is 1210. The van der Waals surface area contributed by atoms with E-state index in [4.69, 9.17) is 27.9 Å². The number of carbonyl (C=O) groups is 1. The van der Waals surface area contributed by atoms with Crippen molar-refractivity contribution in [3.05, 3.63) is 62.5 Å². The van der Waals surface area contributed by atoms with E-state index in [-0.39, 0.29) is 26.0 Å². The quantitative estimate of drug-likeness (QED) is 0.659. The van der Waals surface area contributed by atoms with E-state index in [9.17, 15) is 18.0 Å². The fraction of sp³-hybridized carbons (Fsp3) is 0.0625. The zero-order valence-electron chi connectivity index (χ0n) is 13.6. The van der Waals surface area contributed by atoms with E-state index in [1.165, 1.54) is 43.5 Å². The van der Waals surface area contributed by atoms with Gasteiger partial charge in [-0.3, -0.25) is 9.59 Å². The Morgan fingerprint density at radius 2 is 1.78 bits per heavy atom. The van der Waals surface area contributed by atoms with Gasteiger partial charge in [-0.15, -0.1) is 0 Å². The zero-order valence-corrected chi connectivity index (χ0v) is 15.9. The summed E-state index contributed by atoms with van der Waals surface area (Å²) < 4.78 is 31.4. The van der Waals surface area contributed by atoms with Crippen molar-refractivity contribution in [3.63, 3.8) is 0 Å². The van der Waals surface area contributed by atoms with Crippen LogP contribution in [-0.2, 0) is 10.0 Å². The zero-order chi connectivity index (χ0) is 19.8. The molecule has 140 valence electrons. The summed E-state index contributed by atoms with van der Waals surface area (Å²) in [4.78, 5) is 30.6. The lowest BCUT2D eigenvalue weighted by Gasteiger charge is -2.08. The van der Waals surface area contributed by atoms with E-state index in [0.717, 1.165) is 0 Å². The van der Waals surface area contributed by atoms with Crippen LogP contribution in [0.2, 0.25) is 10.0 Å². The molecule has 3 rings (SSSR count). The average Bonchev–Trinajstić information content (AvgIpc) is 2.62. The van der Waals surface area contributed by atoms with Crippen LogP contribution in [0.3, 0.4) is 0 Å². The lowest BCUT2D eigenvalue weighted by molar-refractivity contribution is 0.0975. The van der Waals surface area contributed by atoms with E-state index in [2.05, 4.69) is 9.97 Å². The predicted octanol–water partition coefficient (Wildman–Crippen LogP) is 2.36. The number of fused-ring (bicyclic) bond motifs is 1. The minimum absolute atomic E-state index is 0.168. The number of H-pyrrole nitrogens is 1. The molecule has 0 aliphatic rings. The van der Waals surface area contributed by atoms with Crippen LogP contribution in [0.15, 0.2) is 46.1 Å². The number of nitrogens with one attached hydrogen (secondary N) is 2. The topological polar surface area (TPSA) is 118 Å². The van der Waals surface area contributed by atoms with Gasteiger partial charge in [0.15, 0.2) is 5.69 Å². The number of aromatic nitrogens is 2. The Balaban J connectivity index is 1.96. The Labute approximate surface area is 163 Å². The van der Waals surface area contributed by atoms with Crippen LogP contribution in [0.1, 0.15) is 10.5 Å². The fourth-order valence-electron chi connectivity index (χ4n) is 2.22. The number of aromatic amines is 1. The third-order valence-electron chi connectivity index (χ3n) is 3.55. The Kier molecular flexibility index (Phi) is 5.09. The number of carbonyl (C=O) groups excluding carboxylic acids is 1. The van der Waals surface area contributed by atoms with Gasteiger partial charge in [0.1, 0.15) is 5.75 Å². The van der Waals surface area contributed by atoms with Gasteiger partial charge >= 0.3 is 0 Å². The highest BCUT2D eigenvalue weighted by Crippen LogP contribution is 2.25. The summed E-state index contributed by atoms with van der Waals surface area (Å²) in [5.41, 5.74) is -1.07. The molecule has 3 aromatic rings. The van der Waals surface area contributed by atoms with Crippen molar-refractivity contribution in [2.45, 2.75) is 4.90 Å².